The molecule has 26 heavy (non-hydrogen) atoms. The zero-order valence-electron chi connectivity index (χ0n) is 16.7. The molecule has 1 saturated heterocycles. The van der Waals surface area contributed by atoms with E-state index in [0.717, 1.165) is 17.7 Å². The van der Waals surface area contributed by atoms with Gasteiger partial charge in [-0.3, -0.25) is 9.59 Å². The number of ether oxygens (including phenoxy) is 1. The lowest BCUT2D eigenvalue weighted by molar-refractivity contribution is -0.141. The summed E-state index contributed by atoms with van der Waals surface area (Å²) in [5.41, 5.74) is 0.221. The van der Waals surface area contributed by atoms with Crippen molar-refractivity contribution in [1.29, 1.82) is 0 Å². The Morgan fingerprint density at radius 3 is 2.46 bits per heavy atom. The minimum absolute atomic E-state index is 0.0361. The van der Waals surface area contributed by atoms with Crippen LogP contribution < -0.4 is 10.1 Å². The van der Waals surface area contributed by atoms with Crippen LogP contribution in [0.25, 0.3) is 0 Å². The van der Waals surface area contributed by atoms with Crippen molar-refractivity contribution in [2.45, 2.75) is 72.1 Å². The maximum absolute atomic E-state index is 12.7. The molecule has 1 aromatic carbocycles. The molecule has 0 radical (unpaired) electrons. The summed E-state index contributed by atoms with van der Waals surface area (Å²) in [6.07, 6.45) is 2.04. The van der Waals surface area contributed by atoms with Gasteiger partial charge in [-0.15, -0.1) is 0 Å². The summed E-state index contributed by atoms with van der Waals surface area (Å²) in [6.45, 7) is 11.2. The first kappa shape index (κ1) is 20.3. The summed E-state index contributed by atoms with van der Waals surface area (Å²) in [5, 5.41) is 3.01. The van der Waals surface area contributed by atoms with Crippen LogP contribution in [-0.4, -0.2) is 34.9 Å². The van der Waals surface area contributed by atoms with E-state index in [1.165, 1.54) is 0 Å². The van der Waals surface area contributed by atoms with E-state index in [-0.39, 0.29) is 17.9 Å². The predicted molar refractivity (Wildman–Crippen MR) is 103 cm³/mol. The molecular weight excluding hydrogens is 328 g/mol. The molecule has 0 spiro atoms. The normalized spacial score (nSPS) is 20.1. The fraction of sp³-hybridized carbons (Fsp3) is 0.619. The van der Waals surface area contributed by atoms with Crippen molar-refractivity contribution < 1.29 is 14.3 Å². The highest BCUT2D eigenvalue weighted by molar-refractivity contribution is 5.94. The summed E-state index contributed by atoms with van der Waals surface area (Å²) < 4.78 is 5.66. The number of benzene rings is 1. The van der Waals surface area contributed by atoms with Gasteiger partial charge in [-0.05, 0) is 57.2 Å². The van der Waals surface area contributed by atoms with Gasteiger partial charge in [0.15, 0.2) is 0 Å². The van der Waals surface area contributed by atoms with Crippen LogP contribution in [0, 0.1) is 5.92 Å². The van der Waals surface area contributed by atoms with Gasteiger partial charge >= 0.3 is 0 Å². The summed E-state index contributed by atoms with van der Waals surface area (Å²) in [5.74, 6) is 1.33. The predicted octanol–water partition coefficient (Wildman–Crippen LogP) is 3.52. The number of hydrogen-bond donors (Lipinski definition) is 1. The molecule has 1 aromatic rings. The van der Waals surface area contributed by atoms with Crippen molar-refractivity contribution in [2.24, 2.45) is 5.92 Å². The number of nitrogens with zero attached hydrogens (tertiary/aromatic N) is 1. The first-order valence-electron chi connectivity index (χ1n) is 9.56. The molecule has 1 heterocycles. The molecule has 1 aliphatic heterocycles. The largest absolute Gasteiger partial charge is 0.491 e. The Morgan fingerprint density at radius 2 is 1.88 bits per heavy atom. The fourth-order valence-electron chi connectivity index (χ4n) is 3.19. The first-order valence-corrected chi connectivity index (χ1v) is 9.56. The number of rotatable bonds is 8. The van der Waals surface area contributed by atoms with Crippen LogP contribution in [0.15, 0.2) is 24.3 Å². The second-order valence-corrected chi connectivity index (χ2v) is 8.00. The number of nitrogens with one attached hydrogen (secondary N) is 1. The van der Waals surface area contributed by atoms with Crippen molar-refractivity contribution in [3.63, 3.8) is 0 Å². The van der Waals surface area contributed by atoms with E-state index >= 15 is 0 Å². The van der Waals surface area contributed by atoms with Gasteiger partial charge in [-0.1, -0.05) is 26.0 Å². The van der Waals surface area contributed by atoms with Crippen LogP contribution in [0.1, 0.15) is 59.4 Å². The molecule has 144 valence electrons. The SMILES string of the molecule is CC(C)CCNC(=O)[C@]1(C)CCC(=O)N1Cc1ccc(OC(C)C)cc1. The average Bonchev–Trinajstić information content (AvgIpc) is 2.85. The monoisotopic (exact) mass is 360 g/mol. The molecule has 1 atom stereocenters. The van der Waals surface area contributed by atoms with E-state index < -0.39 is 5.54 Å². The summed E-state index contributed by atoms with van der Waals surface area (Å²) in [6, 6.07) is 7.74. The maximum atomic E-state index is 12.7. The summed E-state index contributed by atoms with van der Waals surface area (Å²) in [4.78, 5) is 26.9. The molecular formula is C21H32N2O3. The third kappa shape index (κ3) is 4.99. The minimum atomic E-state index is -0.777. The highest BCUT2D eigenvalue weighted by Gasteiger charge is 2.46. The number of likely N-dealkylation sites (tertiary alicyclic amines) is 1. The minimum Gasteiger partial charge on any atom is -0.491 e. The van der Waals surface area contributed by atoms with Gasteiger partial charge in [0, 0.05) is 19.5 Å². The average molecular weight is 360 g/mol. The lowest BCUT2D eigenvalue weighted by atomic mass is 9.96. The molecule has 0 bridgehead atoms. The van der Waals surface area contributed by atoms with E-state index in [4.69, 9.17) is 4.74 Å². The molecule has 0 unspecified atom stereocenters. The molecule has 0 aromatic heterocycles. The first-order chi connectivity index (χ1) is 12.2. The molecule has 0 aliphatic carbocycles. The van der Waals surface area contributed by atoms with E-state index in [1.807, 2.05) is 45.0 Å². The Morgan fingerprint density at radius 1 is 1.23 bits per heavy atom. The van der Waals surface area contributed by atoms with E-state index in [1.54, 1.807) is 4.90 Å². The van der Waals surface area contributed by atoms with E-state index in [2.05, 4.69) is 19.2 Å². The maximum Gasteiger partial charge on any atom is 0.245 e. The standard InChI is InChI=1S/C21H32N2O3/c1-15(2)11-13-22-20(25)21(5)12-10-19(24)23(21)14-17-6-8-18(9-7-17)26-16(3)4/h6-9,15-16H,10-14H2,1-5H3,(H,22,25)/t21-/m0/s1. The van der Waals surface area contributed by atoms with Gasteiger partial charge in [0.05, 0.1) is 6.10 Å². The molecule has 0 saturated carbocycles. The van der Waals surface area contributed by atoms with Crippen LogP contribution in [0.4, 0.5) is 0 Å². The second-order valence-electron chi connectivity index (χ2n) is 8.00. The van der Waals surface area contributed by atoms with Crippen molar-refractivity contribution in [1.82, 2.24) is 10.2 Å². The molecule has 1 aliphatic rings. The number of carbonyl (C=O) groups is 2. The van der Waals surface area contributed by atoms with Gasteiger partial charge in [-0.25, -0.2) is 0 Å². The molecule has 5 nitrogen and oxygen atoms in total. The fourth-order valence-corrected chi connectivity index (χ4v) is 3.19. The van der Waals surface area contributed by atoms with Crippen LogP contribution in [0.5, 0.6) is 5.75 Å². The van der Waals surface area contributed by atoms with Crippen molar-refractivity contribution in [3.8, 4) is 5.75 Å². The highest BCUT2D eigenvalue weighted by Crippen LogP contribution is 2.32. The van der Waals surface area contributed by atoms with Crippen LogP contribution in [-0.2, 0) is 16.1 Å². The zero-order chi connectivity index (χ0) is 19.3. The number of carbonyl (C=O) groups excluding carboxylic acids is 2. The molecule has 1 N–H and O–H groups in total. The lowest BCUT2D eigenvalue weighted by Gasteiger charge is -2.34. The van der Waals surface area contributed by atoms with E-state index in [9.17, 15) is 9.59 Å². The van der Waals surface area contributed by atoms with Gasteiger partial charge in [0.2, 0.25) is 11.8 Å². The Bertz CT molecular complexity index is 625. The van der Waals surface area contributed by atoms with Gasteiger partial charge in [0.25, 0.3) is 0 Å². The van der Waals surface area contributed by atoms with Gasteiger partial charge < -0.3 is 15.0 Å². The highest BCUT2D eigenvalue weighted by atomic mass is 16.5. The van der Waals surface area contributed by atoms with Gasteiger partial charge in [0.1, 0.15) is 11.3 Å². The number of hydrogen-bond acceptors (Lipinski definition) is 3. The lowest BCUT2D eigenvalue weighted by Crippen LogP contribution is -2.54. The summed E-state index contributed by atoms with van der Waals surface area (Å²) in [7, 11) is 0. The Kier molecular flexibility index (Phi) is 6.68. The second kappa shape index (κ2) is 8.56. The molecule has 5 heteroatoms. The quantitative estimate of drug-likeness (QED) is 0.772. The smallest absolute Gasteiger partial charge is 0.245 e. The molecule has 2 rings (SSSR count). The van der Waals surface area contributed by atoms with Crippen molar-refractivity contribution in [3.05, 3.63) is 29.8 Å². The van der Waals surface area contributed by atoms with Crippen molar-refractivity contribution in [2.75, 3.05) is 6.54 Å². The number of amides is 2. The van der Waals surface area contributed by atoms with E-state index in [0.29, 0.717) is 31.8 Å². The molecule has 2 amide bonds. The van der Waals surface area contributed by atoms with Crippen LogP contribution in [0.2, 0.25) is 0 Å². The zero-order valence-corrected chi connectivity index (χ0v) is 16.7. The third-order valence-electron chi connectivity index (χ3n) is 4.85. The summed E-state index contributed by atoms with van der Waals surface area (Å²) >= 11 is 0. The third-order valence-corrected chi connectivity index (χ3v) is 4.85. The van der Waals surface area contributed by atoms with Gasteiger partial charge in [-0.2, -0.15) is 0 Å². The Labute approximate surface area is 157 Å². The Balaban J connectivity index is 2.05. The van der Waals surface area contributed by atoms with Crippen molar-refractivity contribution >= 4 is 11.8 Å². The van der Waals surface area contributed by atoms with Crippen LogP contribution in [0.3, 0.4) is 0 Å². The van der Waals surface area contributed by atoms with Crippen LogP contribution >= 0.6 is 0 Å². The topological polar surface area (TPSA) is 58.6 Å². The molecule has 1 fully saturated rings. The Hall–Kier alpha value is -2.04.